The summed E-state index contributed by atoms with van der Waals surface area (Å²) >= 11 is 0. The first-order valence-corrected chi connectivity index (χ1v) is 14.7. The fraction of sp³-hybridized carbons (Fsp3) is 0.424. The third kappa shape index (κ3) is 7.62. The second kappa shape index (κ2) is 13.0. The summed E-state index contributed by atoms with van der Waals surface area (Å²) in [5.41, 5.74) is -3.75. The Morgan fingerprint density at radius 1 is 0.915 bits per heavy atom. The van der Waals surface area contributed by atoms with E-state index < -0.39 is 52.3 Å². The number of anilines is 2. The van der Waals surface area contributed by atoms with Gasteiger partial charge in [0, 0.05) is 33.3 Å². The van der Waals surface area contributed by atoms with E-state index in [1.165, 1.54) is 50.2 Å². The molecule has 1 aliphatic rings. The molecule has 0 bridgehead atoms. The Balaban J connectivity index is 1.79. The number of pyridine rings is 1. The second-order valence-electron chi connectivity index (χ2n) is 12.3. The molecule has 0 saturated carbocycles. The maximum atomic E-state index is 14.1. The number of benzene rings is 2. The smallest absolute Gasteiger partial charge is 0.416 e. The molecule has 1 unspecified atom stereocenters. The first kappa shape index (κ1) is 35.5. The SMILES string of the molecule is Cc1cc(F)ccc1-c1cc(N2CCCC2COC(=O)N(C)C)ncc1N(C)C(=O)C(C)(C)c1cc(C(F)(F)F)cc(C(F)(F)F)c1. The lowest BCUT2D eigenvalue weighted by Crippen LogP contribution is -2.42. The van der Waals surface area contributed by atoms with E-state index in [0.717, 1.165) is 11.3 Å². The van der Waals surface area contributed by atoms with Gasteiger partial charge >= 0.3 is 18.4 Å². The maximum Gasteiger partial charge on any atom is 0.416 e. The van der Waals surface area contributed by atoms with Crippen molar-refractivity contribution in [3.8, 4) is 11.1 Å². The van der Waals surface area contributed by atoms with Crippen LogP contribution in [0.2, 0.25) is 0 Å². The topological polar surface area (TPSA) is 66.0 Å². The van der Waals surface area contributed by atoms with Crippen molar-refractivity contribution in [3.05, 3.63) is 76.7 Å². The van der Waals surface area contributed by atoms with E-state index in [9.17, 15) is 40.3 Å². The number of likely N-dealkylation sites (N-methyl/N-ethyl adjacent to an activating group) is 1. The average molecular weight is 669 g/mol. The van der Waals surface area contributed by atoms with Crippen LogP contribution in [0.1, 0.15) is 48.9 Å². The molecular formula is C33H35F7N4O3. The molecule has 1 saturated heterocycles. The van der Waals surface area contributed by atoms with Crippen LogP contribution in [0, 0.1) is 12.7 Å². The van der Waals surface area contributed by atoms with Crippen molar-refractivity contribution in [2.24, 2.45) is 0 Å². The predicted molar refractivity (Wildman–Crippen MR) is 163 cm³/mol. The maximum absolute atomic E-state index is 14.1. The van der Waals surface area contributed by atoms with Gasteiger partial charge in [0.25, 0.3) is 0 Å². The monoisotopic (exact) mass is 668 g/mol. The highest BCUT2D eigenvalue weighted by Gasteiger charge is 2.41. The lowest BCUT2D eigenvalue weighted by molar-refractivity contribution is -0.143. The Morgan fingerprint density at radius 3 is 2.06 bits per heavy atom. The van der Waals surface area contributed by atoms with Crippen LogP contribution in [-0.4, -0.2) is 62.2 Å². The van der Waals surface area contributed by atoms with Crippen LogP contribution in [-0.2, 0) is 27.3 Å². The summed E-state index contributed by atoms with van der Waals surface area (Å²) in [7, 11) is 4.47. The number of nitrogens with zero attached hydrogens (tertiary/aromatic N) is 4. The van der Waals surface area contributed by atoms with Crippen LogP contribution in [0.25, 0.3) is 11.1 Å². The molecule has 3 aromatic rings. The summed E-state index contributed by atoms with van der Waals surface area (Å²) < 4.78 is 101. The highest BCUT2D eigenvalue weighted by molar-refractivity contribution is 6.03. The molecule has 0 aliphatic carbocycles. The van der Waals surface area contributed by atoms with Crippen molar-refractivity contribution in [1.82, 2.24) is 9.88 Å². The molecule has 1 atom stereocenters. The summed E-state index contributed by atoms with van der Waals surface area (Å²) in [6, 6.07) is 6.63. The standard InChI is InChI=1S/C33H35F7N4O3/c1-19-12-23(34)9-10-25(19)26-16-28(44-11-7-8-24(44)18-47-30(46)42(4)5)41-17-27(26)43(6)29(45)31(2,3)20-13-21(32(35,36)37)15-22(14-20)33(38,39)40/h9-10,12-17,24H,7-8,11,18H2,1-6H3. The number of halogens is 7. The number of alkyl halides is 6. The van der Waals surface area contributed by atoms with Gasteiger partial charge in [-0.1, -0.05) is 6.07 Å². The molecular weight excluding hydrogens is 633 g/mol. The predicted octanol–water partition coefficient (Wildman–Crippen LogP) is 7.84. The molecule has 254 valence electrons. The van der Waals surface area contributed by atoms with Gasteiger partial charge in [0.1, 0.15) is 18.2 Å². The van der Waals surface area contributed by atoms with Gasteiger partial charge in [0.05, 0.1) is 34.5 Å². The fourth-order valence-electron chi connectivity index (χ4n) is 5.58. The van der Waals surface area contributed by atoms with Gasteiger partial charge in [-0.05, 0) is 86.7 Å². The van der Waals surface area contributed by atoms with E-state index in [2.05, 4.69) is 4.98 Å². The Morgan fingerprint density at radius 2 is 1.51 bits per heavy atom. The Labute approximate surface area is 267 Å². The molecule has 2 heterocycles. The summed E-state index contributed by atoms with van der Waals surface area (Å²) in [5.74, 6) is -0.834. The summed E-state index contributed by atoms with van der Waals surface area (Å²) in [4.78, 5) is 35.0. The molecule has 1 aromatic heterocycles. The number of aromatic nitrogens is 1. The number of aryl methyl sites for hydroxylation is 1. The summed E-state index contributed by atoms with van der Waals surface area (Å²) in [6.45, 7) is 4.83. The average Bonchev–Trinajstić information content (AvgIpc) is 3.46. The van der Waals surface area contributed by atoms with Gasteiger partial charge in [0.2, 0.25) is 5.91 Å². The number of amides is 2. The molecule has 4 rings (SSSR count). The van der Waals surface area contributed by atoms with E-state index in [0.29, 0.717) is 47.6 Å². The zero-order chi connectivity index (χ0) is 35.1. The molecule has 0 radical (unpaired) electrons. The van der Waals surface area contributed by atoms with Crippen molar-refractivity contribution in [1.29, 1.82) is 0 Å². The zero-order valence-electron chi connectivity index (χ0n) is 26.7. The molecule has 14 heteroatoms. The van der Waals surface area contributed by atoms with Gasteiger partial charge in [-0.2, -0.15) is 26.3 Å². The number of ether oxygens (including phenoxy) is 1. The van der Waals surface area contributed by atoms with Gasteiger partial charge in [0.15, 0.2) is 0 Å². The van der Waals surface area contributed by atoms with Gasteiger partial charge in [-0.3, -0.25) is 4.79 Å². The van der Waals surface area contributed by atoms with Crippen molar-refractivity contribution in [2.45, 2.75) is 57.4 Å². The van der Waals surface area contributed by atoms with Crippen molar-refractivity contribution >= 4 is 23.5 Å². The van der Waals surface area contributed by atoms with E-state index in [-0.39, 0.29) is 24.4 Å². The first-order chi connectivity index (χ1) is 21.7. The molecule has 0 spiro atoms. The highest BCUT2D eigenvalue weighted by Crippen LogP contribution is 2.41. The summed E-state index contributed by atoms with van der Waals surface area (Å²) in [6.07, 6.45) is -7.82. The quantitative estimate of drug-likeness (QED) is 0.240. The van der Waals surface area contributed by atoms with Crippen molar-refractivity contribution in [3.63, 3.8) is 0 Å². The minimum atomic E-state index is -5.09. The van der Waals surface area contributed by atoms with Crippen LogP contribution >= 0.6 is 0 Å². The Kier molecular flexibility index (Phi) is 9.84. The first-order valence-electron chi connectivity index (χ1n) is 14.7. The van der Waals surface area contributed by atoms with E-state index in [4.69, 9.17) is 4.74 Å². The Hall–Kier alpha value is -4.36. The molecule has 47 heavy (non-hydrogen) atoms. The largest absolute Gasteiger partial charge is 0.447 e. The minimum absolute atomic E-state index is 0.0128. The number of hydrogen-bond donors (Lipinski definition) is 0. The minimum Gasteiger partial charge on any atom is -0.447 e. The zero-order valence-corrected chi connectivity index (χ0v) is 26.7. The third-order valence-corrected chi connectivity index (χ3v) is 8.29. The summed E-state index contributed by atoms with van der Waals surface area (Å²) in [5, 5.41) is 0. The molecule has 2 amide bonds. The van der Waals surface area contributed by atoms with E-state index in [1.54, 1.807) is 27.1 Å². The second-order valence-corrected chi connectivity index (χ2v) is 12.3. The molecule has 1 aliphatic heterocycles. The lowest BCUT2D eigenvalue weighted by atomic mass is 9.81. The van der Waals surface area contributed by atoms with Crippen molar-refractivity contribution < 1.29 is 45.1 Å². The molecule has 7 nitrogen and oxygen atoms in total. The molecule has 1 fully saturated rings. The van der Waals surface area contributed by atoms with E-state index in [1.807, 2.05) is 4.90 Å². The van der Waals surface area contributed by atoms with Crippen LogP contribution in [0.3, 0.4) is 0 Å². The number of carbonyl (C=O) groups excluding carboxylic acids is 2. The van der Waals surface area contributed by atoms with Crippen LogP contribution in [0.15, 0.2) is 48.7 Å². The number of carbonyl (C=O) groups is 2. The van der Waals surface area contributed by atoms with Gasteiger partial charge in [-0.25, -0.2) is 14.2 Å². The lowest BCUT2D eigenvalue weighted by Gasteiger charge is -2.33. The van der Waals surface area contributed by atoms with Crippen LogP contribution in [0.4, 0.5) is 47.0 Å². The highest BCUT2D eigenvalue weighted by atomic mass is 19.4. The van der Waals surface area contributed by atoms with Crippen LogP contribution < -0.4 is 9.80 Å². The third-order valence-electron chi connectivity index (χ3n) is 8.29. The van der Waals surface area contributed by atoms with Gasteiger partial charge in [-0.15, -0.1) is 0 Å². The number of rotatable bonds is 7. The molecule has 0 N–H and O–H groups in total. The van der Waals surface area contributed by atoms with E-state index >= 15 is 0 Å². The van der Waals surface area contributed by atoms with Gasteiger partial charge < -0.3 is 19.4 Å². The number of hydrogen-bond acceptors (Lipinski definition) is 5. The Bertz CT molecular complexity index is 1620. The fourth-order valence-corrected chi connectivity index (χ4v) is 5.58. The van der Waals surface area contributed by atoms with Crippen LogP contribution in [0.5, 0.6) is 0 Å². The van der Waals surface area contributed by atoms with Crippen molar-refractivity contribution in [2.75, 3.05) is 44.1 Å². The molecule has 2 aromatic carbocycles. The normalized spacial score (nSPS) is 15.5.